The maximum atomic E-state index is 13.8. The second kappa shape index (κ2) is 8.36. The molecule has 134 valence electrons. The molecule has 0 aliphatic carbocycles. The number of hydrogen-bond donors (Lipinski definition) is 0. The van der Waals surface area contributed by atoms with Crippen LogP contribution in [0, 0.1) is 5.82 Å². The van der Waals surface area contributed by atoms with Crippen LogP contribution in [-0.2, 0) is 17.7 Å². The van der Waals surface area contributed by atoms with Gasteiger partial charge in [0.2, 0.25) is 0 Å². The molecule has 25 heavy (non-hydrogen) atoms. The Labute approximate surface area is 148 Å². The predicted molar refractivity (Wildman–Crippen MR) is 96.1 cm³/mol. The Morgan fingerprint density at radius 2 is 2.16 bits per heavy atom. The van der Waals surface area contributed by atoms with E-state index in [1.54, 1.807) is 12.3 Å². The van der Waals surface area contributed by atoms with Crippen LogP contribution in [0.5, 0.6) is 0 Å². The summed E-state index contributed by atoms with van der Waals surface area (Å²) in [5, 5.41) is 0. The molecule has 6 heteroatoms. The van der Waals surface area contributed by atoms with E-state index in [1.165, 1.54) is 11.6 Å². The summed E-state index contributed by atoms with van der Waals surface area (Å²) >= 11 is 0. The highest BCUT2D eigenvalue weighted by Gasteiger charge is 2.21. The number of aromatic nitrogens is 2. The number of hydrogen-bond acceptors (Lipinski definition) is 5. The van der Waals surface area contributed by atoms with Gasteiger partial charge in [-0.25, -0.2) is 9.37 Å². The molecular weight excluding hydrogens is 319 g/mol. The highest BCUT2D eigenvalue weighted by Crippen LogP contribution is 2.17. The van der Waals surface area contributed by atoms with E-state index in [-0.39, 0.29) is 11.9 Å². The number of pyridine rings is 2. The average Bonchev–Trinajstić information content (AvgIpc) is 2.62. The number of rotatable bonds is 6. The summed E-state index contributed by atoms with van der Waals surface area (Å²) in [4.78, 5) is 12.7. The standard InChI is InChI=1S/C19H25FN4O/c1-23(2)19-12-15(7-9-22-19)5-6-16-13-24(10-11-25-16)14-18-17(20)4-3-8-21-18/h3-4,7-9,12,16H,5-6,10-11,13-14H2,1-2H3. The van der Waals surface area contributed by atoms with Crippen molar-refractivity contribution in [3.8, 4) is 0 Å². The molecule has 0 N–H and O–H groups in total. The number of halogens is 1. The van der Waals surface area contributed by atoms with Crippen LogP contribution in [0.25, 0.3) is 0 Å². The van der Waals surface area contributed by atoms with E-state index >= 15 is 0 Å². The van der Waals surface area contributed by atoms with Gasteiger partial charge in [-0.3, -0.25) is 9.88 Å². The second-order valence-electron chi connectivity index (χ2n) is 6.62. The van der Waals surface area contributed by atoms with E-state index in [9.17, 15) is 4.39 Å². The normalized spacial score (nSPS) is 18.3. The van der Waals surface area contributed by atoms with Gasteiger partial charge in [0.05, 0.1) is 18.4 Å². The monoisotopic (exact) mass is 344 g/mol. The maximum Gasteiger partial charge on any atom is 0.146 e. The topological polar surface area (TPSA) is 41.5 Å². The smallest absolute Gasteiger partial charge is 0.146 e. The third-order valence-corrected chi connectivity index (χ3v) is 4.45. The molecule has 5 nitrogen and oxygen atoms in total. The van der Waals surface area contributed by atoms with E-state index in [2.05, 4.69) is 27.0 Å². The maximum absolute atomic E-state index is 13.8. The number of aryl methyl sites for hydroxylation is 1. The fraction of sp³-hybridized carbons (Fsp3) is 0.474. The molecule has 3 heterocycles. The van der Waals surface area contributed by atoms with E-state index in [0.717, 1.165) is 31.7 Å². The van der Waals surface area contributed by atoms with Crippen molar-refractivity contribution in [3.63, 3.8) is 0 Å². The first-order chi connectivity index (χ1) is 12.1. The molecule has 1 aliphatic heterocycles. The zero-order valence-electron chi connectivity index (χ0n) is 14.9. The lowest BCUT2D eigenvalue weighted by atomic mass is 10.1. The molecule has 0 bridgehead atoms. The van der Waals surface area contributed by atoms with Gasteiger partial charge in [0, 0.05) is 46.1 Å². The summed E-state index contributed by atoms with van der Waals surface area (Å²) < 4.78 is 19.7. The minimum absolute atomic E-state index is 0.163. The minimum atomic E-state index is -0.237. The first-order valence-corrected chi connectivity index (χ1v) is 8.67. The molecule has 2 aromatic rings. The van der Waals surface area contributed by atoms with Crippen LogP contribution >= 0.6 is 0 Å². The van der Waals surface area contributed by atoms with Crippen molar-refractivity contribution < 1.29 is 9.13 Å². The SMILES string of the molecule is CN(C)c1cc(CCC2CN(Cc3ncccc3F)CCO2)ccn1. The third-order valence-electron chi connectivity index (χ3n) is 4.45. The highest BCUT2D eigenvalue weighted by molar-refractivity contribution is 5.39. The van der Waals surface area contributed by atoms with Crippen LogP contribution in [0.2, 0.25) is 0 Å². The highest BCUT2D eigenvalue weighted by atomic mass is 19.1. The van der Waals surface area contributed by atoms with Crippen LogP contribution in [0.3, 0.4) is 0 Å². The van der Waals surface area contributed by atoms with Gasteiger partial charge in [-0.05, 0) is 42.7 Å². The molecule has 0 radical (unpaired) electrons. The summed E-state index contributed by atoms with van der Waals surface area (Å²) in [6.45, 7) is 2.83. The van der Waals surface area contributed by atoms with Gasteiger partial charge in [-0.1, -0.05) is 0 Å². The summed E-state index contributed by atoms with van der Waals surface area (Å²) in [6.07, 6.45) is 5.54. The van der Waals surface area contributed by atoms with Gasteiger partial charge in [0.25, 0.3) is 0 Å². The molecule has 0 aromatic carbocycles. The lowest BCUT2D eigenvalue weighted by molar-refractivity contribution is -0.0352. The largest absolute Gasteiger partial charge is 0.376 e. The van der Waals surface area contributed by atoms with Crippen LogP contribution in [-0.4, -0.2) is 54.8 Å². The van der Waals surface area contributed by atoms with Crippen molar-refractivity contribution in [2.75, 3.05) is 38.7 Å². The molecule has 1 unspecified atom stereocenters. The van der Waals surface area contributed by atoms with Crippen molar-refractivity contribution in [1.82, 2.24) is 14.9 Å². The van der Waals surface area contributed by atoms with Crippen LogP contribution in [0.4, 0.5) is 10.2 Å². The molecule has 1 saturated heterocycles. The molecule has 0 spiro atoms. The first kappa shape index (κ1) is 17.8. The van der Waals surface area contributed by atoms with Crippen molar-refractivity contribution in [2.24, 2.45) is 0 Å². The third kappa shape index (κ3) is 4.96. The Morgan fingerprint density at radius 1 is 1.28 bits per heavy atom. The summed E-state index contributed by atoms with van der Waals surface area (Å²) in [5.41, 5.74) is 1.77. The Balaban J connectivity index is 1.53. The number of morpholine rings is 1. The van der Waals surface area contributed by atoms with Gasteiger partial charge in [0.15, 0.2) is 0 Å². The molecule has 0 amide bonds. The van der Waals surface area contributed by atoms with Crippen LogP contribution in [0.15, 0.2) is 36.7 Å². The molecule has 2 aromatic heterocycles. The Hall–Kier alpha value is -2.05. The minimum Gasteiger partial charge on any atom is -0.376 e. The zero-order chi connectivity index (χ0) is 17.6. The number of ether oxygens (including phenoxy) is 1. The molecule has 0 saturated carbocycles. The number of anilines is 1. The predicted octanol–water partition coefficient (Wildman–Crippen LogP) is 2.52. The van der Waals surface area contributed by atoms with Crippen LogP contribution in [0.1, 0.15) is 17.7 Å². The molecule has 1 aliphatic rings. The Bertz CT molecular complexity index is 695. The fourth-order valence-corrected chi connectivity index (χ4v) is 3.03. The Kier molecular flexibility index (Phi) is 5.94. The van der Waals surface area contributed by atoms with E-state index < -0.39 is 0 Å². The van der Waals surface area contributed by atoms with E-state index in [0.29, 0.717) is 18.8 Å². The zero-order valence-corrected chi connectivity index (χ0v) is 14.9. The van der Waals surface area contributed by atoms with Gasteiger partial charge in [-0.15, -0.1) is 0 Å². The van der Waals surface area contributed by atoms with Gasteiger partial charge in [0.1, 0.15) is 11.6 Å². The van der Waals surface area contributed by atoms with E-state index in [1.807, 2.05) is 25.2 Å². The molecule has 1 fully saturated rings. The summed E-state index contributed by atoms with van der Waals surface area (Å²) in [7, 11) is 3.98. The molecular formula is C19H25FN4O. The first-order valence-electron chi connectivity index (χ1n) is 8.67. The number of nitrogens with zero attached hydrogens (tertiary/aromatic N) is 4. The van der Waals surface area contributed by atoms with Crippen molar-refractivity contribution in [2.45, 2.75) is 25.5 Å². The van der Waals surface area contributed by atoms with Gasteiger partial charge in [-0.2, -0.15) is 0 Å². The lowest BCUT2D eigenvalue weighted by Gasteiger charge is -2.32. The fourth-order valence-electron chi connectivity index (χ4n) is 3.03. The molecule has 1 atom stereocenters. The van der Waals surface area contributed by atoms with E-state index in [4.69, 9.17) is 4.74 Å². The van der Waals surface area contributed by atoms with Crippen LogP contribution < -0.4 is 4.90 Å². The van der Waals surface area contributed by atoms with Gasteiger partial charge < -0.3 is 9.64 Å². The quantitative estimate of drug-likeness (QED) is 0.805. The van der Waals surface area contributed by atoms with Gasteiger partial charge >= 0.3 is 0 Å². The summed E-state index contributed by atoms with van der Waals surface area (Å²) in [5.74, 6) is 0.729. The van der Waals surface area contributed by atoms with Crippen molar-refractivity contribution in [1.29, 1.82) is 0 Å². The lowest BCUT2D eigenvalue weighted by Crippen LogP contribution is -2.42. The average molecular weight is 344 g/mol. The second-order valence-corrected chi connectivity index (χ2v) is 6.62. The van der Waals surface area contributed by atoms with Crippen molar-refractivity contribution in [3.05, 3.63) is 53.7 Å². The molecule has 3 rings (SSSR count). The van der Waals surface area contributed by atoms with Crippen molar-refractivity contribution >= 4 is 5.82 Å². The summed E-state index contributed by atoms with van der Waals surface area (Å²) in [6, 6.07) is 7.25. The Morgan fingerprint density at radius 3 is 2.96 bits per heavy atom.